The molecule has 7 nitrogen and oxygen atoms in total. The lowest BCUT2D eigenvalue weighted by Crippen LogP contribution is -1.99. The number of hydrogen-bond acceptors (Lipinski definition) is 7. The van der Waals surface area contributed by atoms with E-state index in [1.807, 2.05) is 0 Å². The van der Waals surface area contributed by atoms with Gasteiger partial charge in [-0.3, -0.25) is 0 Å². The van der Waals surface area contributed by atoms with Crippen LogP contribution in [0.2, 0.25) is 5.02 Å². The van der Waals surface area contributed by atoms with Crippen LogP contribution < -0.4 is 19.5 Å². The molecule has 3 aromatic rings. The molecule has 1 aliphatic rings. The van der Waals surface area contributed by atoms with Crippen LogP contribution in [0.25, 0.3) is 10.9 Å². The summed E-state index contributed by atoms with van der Waals surface area (Å²) in [6, 6.07) is 6.63. The fourth-order valence-corrected chi connectivity index (χ4v) is 2.71. The third-order valence-electron chi connectivity index (χ3n) is 3.67. The van der Waals surface area contributed by atoms with E-state index in [0.717, 1.165) is 0 Å². The predicted molar refractivity (Wildman–Crippen MR) is 88.6 cm³/mol. The molecule has 0 aliphatic carbocycles. The van der Waals surface area contributed by atoms with E-state index in [0.29, 0.717) is 44.7 Å². The highest BCUT2D eigenvalue weighted by molar-refractivity contribution is 6.34. The molecule has 0 fully saturated rings. The molecule has 122 valence electrons. The maximum absolute atomic E-state index is 9.90. The van der Waals surface area contributed by atoms with E-state index in [9.17, 15) is 5.11 Å². The van der Waals surface area contributed by atoms with Crippen molar-refractivity contribution in [1.82, 2.24) is 9.97 Å². The smallest absolute Gasteiger partial charge is 0.231 e. The van der Waals surface area contributed by atoms with Crippen LogP contribution in [0.3, 0.4) is 0 Å². The lowest BCUT2D eigenvalue weighted by molar-refractivity contribution is 0.174. The van der Waals surface area contributed by atoms with Crippen LogP contribution in [0.5, 0.6) is 23.0 Å². The number of nitrogens with one attached hydrogen (secondary N) is 1. The average Bonchev–Trinajstić information content (AvgIpc) is 3.06. The Balaban J connectivity index is 1.85. The first-order valence-corrected chi connectivity index (χ1v) is 7.42. The lowest BCUT2D eigenvalue weighted by atomic mass is 10.2. The van der Waals surface area contributed by atoms with Gasteiger partial charge in [0.2, 0.25) is 6.79 Å². The van der Waals surface area contributed by atoms with Crippen molar-refractivity contribution in [3.05, 3.63) is 35.6 Å². The number of fused-ring (bicyclic) bond motifs is 2. The summed E-state index contributed by atoms with van der Waals surface area (Å²) < 4.78 is 16.0. The second kappa shape index (κ2) is 5.61. The van der Waals surface area contributed by atoms with Gasteiger partial charge in [-0.2, -0.15) is 0 Å². The molecule has 0 spiro atoms. The molecule has 2 aromatic carbocycles. The summed E-state index contributed by atoms with van der Waals surface area (Å²) in [6.07, 6.45) is 1.39. The summed E-state index contributed by atoms with van der Waals surface area (Å²) in [5, 5.41) is 14.2. The summed E-state index contributed by atoms with van der Waals surface area (Å²) in [5.41, 5.74) is 1.12. The summed E-state index contributed by atoms with van der Waals surface area (Å²) in [6.45, 7) is 0.135. The lowest BCUT2D eigenvalue weighted by Gasteiger charge is -2.13. The van der Waals surface area contributed by atoms with E-state index in [-0.39, 0.29) is 12.5 Å². The van der Waals surface area contributed by atoms with Gasteiger partial charge >= 0.3 is 0 Å². The number of methoxy groups -OCH3 is 1. The van der Waals surface area contributed by atoms with Crippen molar-refractivity contribution in [2.45, 2.75) is 0 Å². The van der Waals surface area contributed by atoms with Gasteiger partial charge in [0.05, 0.1) is 17.6 Å². The number of phenols is 1. The molecule has 24 heavy (non-hydrogen) atoms. The van der Waals surface area contributed by atoms with E-state index in [4.69, 9.17) is 25.8 Å². The summed E-state index contributed by atoms with van der Waals surface area (Å²) in [5.74, 6) is 1.97. The van der Waals surface area contributed by atoms with Gasteiger partial charge in [0.15, 0.2) is 23.0 Å². The Labute approximate surface area is 141 Å². The van der Waals surface area contributed by atoms with E-state index in [1.54, 1.807) is 18.2 Å². The molecule has 0 unspecified atom stereocenters. The van der Waals surface area contributed by atoms with Gasteiger partial charge in [-0.15, -0.1) is 0 Å². The molecule has 1 aliphatic heterocycles. The zero-order valence-electron chi connectivity index (χ0n) is 12.5. The van der Waals surface area contributed by atoms with Gasteiger partial charge in [-0.1, -0.05) is 11.6 Å². The molecule has 1 aromatic heterocycles. The molecule has 0 bridgehead atoms. The third kappa shape index (κ3) is 2.30. The van der Waals surface area contributed by atoms with E-state index >= 15 is 0 Å². The van der Waals surface area contributed by atoms with Crippen LogP contribution in [0.1, 0.15) is 0 Å². The first-order chi connectivity index (χ1) is 11.7. The Hall–Kier alpha value is -2.93. The van der Waals surface area contributed by atoms with Crippen LogP contribution in [0.15, 0.2) is 30.6 Å². The van der Waals surface area contributed by atoms with Crippen molar-refractivity contribution in [2.75, 3.05) is 19.2 Å². The minimum atomic E-state index is 0.00465. The SMILES string of the molecule is COc1cc2c(Nc3c(Cl)ccc4c3OCO4)ncnc2cc1O. The molecule has 8 heteroatoms. The number of phenolic OH excluding ortho intramolecular Hbond substituents is 1. The highest BCUT2D eigenvalue weighted by Gasteiger charge is 2.21. The van der Waals surface area contributed by atoms with Crippen LogP contribution in [-0.2, 0) is 0 Å². The standard InChI is InChI=1S/C16H12ClN3O4/c1-22-13-4-8-10(5-11(13)21)18-6-19-16(8)20-14-9(17)2-3-12-15(14)24-7-23-12/h2-6,21H,7H2,1H3,(H,18,19,20). The van der Waals surface area contributed by atoms with Gasteiger partial charge in [-0.25, -0.2) is 9.97 Å². The van der Waals surface area contributed by atoms with Crippen molar-refractivity contribution in [3.8, 4) is 23.0 Å². The maximum atomic E-state index is 9.90. The summed E-state index contributed by atoms with van der Waals surface area (Å²) >= 11 is 6.29. The van der Waals surface area contributed by atoms with Crippen LogP contribution in [0.4, 0.5) is 11.5 Å². The van der Waals surface area contributed by atoms with E-state index < -0.39 is 0 Å². The van der Waals surface area contributed by atoms with Gasteiger partial charge in [0, 0.05) is 11.5 Å². The van der Waals surface area contributed by atoms with Crippen LogP contribution in [0, 0.1) is 0 Å². The molecule has 2 N–H and O–H groups in total. The Morgan fingerprint density at radius 2 is 2.12 bits per heavy atom. The van der Waals surface area contributed by atoms with Gasteiger partial charge in [0.1, 0.15) is 17.8 Å². The largest absolute Gasteiger partial charge is 0.504 e. The third-order valence-corrected chi connectivity index (χ3v) is 3.98. The zero-order valence-corrected chi connectivity index (χ0v) is 13.3. The van der Waals surface area contributed by atoms with Gasteiger partial charge in [0.25, 0.3) is 0 Å². The molecule has 4 rings (SSSR count). The number of aromatic hydroxyl groups is 1. The van der Waals surface area contributed by atoms with Crippen molar-refractivity contribution in [1.29, 1.82) is 0 Å². The Morgan fingerprint density at radius 3 is 2.96 bits per heavy atom. The second-order valence-corrected chi connectivity index (χ2v) is 5.45. The molecule has 0 radical (unpaired) electrons. The number of hydrogen-bond donors (Lipinski definition) is 2. The van der Waals surface area contributed by atoms with Gasteiger partial charge < -0.3 is 24.6 Å². The number of halogens is 1. The van der Waals surface area contributed by atoms with E-state index in [2.05, 4.69) is 15.3 Å². The molecular formula is C16H12ClN3O4. The first-order valence-electron chi connectivity index (χ1n) is 7.04. The quantitative estimate of drug-likeness (QED) is 0.751. The fourth-order valence-electron chi connectivity index (χ4n) is 2.52. The van der Waals surface area contributed by atoms with Crippen molar-refractivity contribution >= 4 is 34.0 Å². The average molecular weight is 346 g/mol. The second-order valence-electron chi connectivity index (χ2n) is 5.04. The van der Waals surface area contributed by atoms with Gasteiger partial charge in [-0.05, 0) is 18.2 Å². The predicted octanol–water partition coefficient (Wildman–Crippen LogP) is 3.47. The number of ether oxygens (including phenoxy) is 3. The fraction of sp³-hybridized carbons (Fsp3) is 0.125. The highest BCUT2D eigenvalue weighted by Crippen LogP contribution is 2.45. The number of nitrogens with zero attached hydrogens (tertiary/aromatic N) is 2. The number of benzene rings is 2. The molecule has 0 saturated carbocycles. The van der Waals surface area contributed by atoms with Crippen molar-refractivity contribution in [3.63, 3.8) is 0 Å². The summed E-state index contributed by atoms with van der Waals surface area (Å²) in [4.78, 5) is 8.42. The molecule has 2 heterocycles. The molecule has 0 saturated heterocycles. The van der Waals surface area contributed by atoms with Crippen LogP contribution in [-0.4, -0.2) is 29.0 Å². The summed E-state index contributed by atoms with van der Waals surface area (Å²) in [7, 11) is 1.48. The minimum absolute atomic E-state index is 0.00465. The molecular weight excluding hydrogens is 334 g/mol. The maximum Gasteiger partial charge on any atom is 0.231 e. The first kappa shape index (κ1) is 14.6. The Kier molecular flexibility index (Phi) is 3.42. The highest BCUT2D eigenvalue weighted by atomic mass is 35.5. The normalized spacial score (nSPS) is 12.4. The zero-order chi connectivity index (χ0) is 16.7. The molecule has 0 amide bonds. The number of aromatic nitrogens is 2. The van der Waals surface area contributed by atoms with Crippen LogP contribution >= 0.6 is 11.6 Å². The van der Waals surface area contributed by atoms with Crippen molar-refractivity contribution < 1.29 is 19.3 Å². The number of rotatable bonds is 3. The topological polar surface area (TPSA) is 85.7 Å². The minimum Gasteiger partial charge on any atom is -0.504 e. The Morgan fingerprint density at radius 1 is 1.25 bits per heavy atom. The number of anilines is 2. The monoisotopic (exact) mass is 345 g/mol. The van der Waals surface area contributed by atoms with Crippen molar-refractivity contribution in [2.24, 2.45) is 0 Å². The molecule has 0 atom stereocenters. The Bertz CT molecular complexity index is 948. The van der Waals surface area contributed by atoms with E-state index in [1.165, 1.54) is 19.5 Å².